The highest BCUT2D eigenvalue weighted by Gasteiger charge is 2.21. The van der Waals surface area contributed by atoms with Crippen molar-refractivity contribution in [1.82, 2.24) is 0 Å². The molecule has 14 heavy (non-hydrogen) atoms. The molecule has 3 nitrogen and oxygen atoms in total. The van der Waals surface area contributed by atoms with Gasteiger partial charge in [-0.3, -0.25) is 0 Å². The second-order valence-electron chi connectivity index (χ2n) is 2.89. The molecule has 0 amide bonds. The molecule has 0 bridgehead atoms. The van der Waals surface area contributed by atoms with Gasteiger partial charge in [0.2, 0.25) is 0 Å². The number of hydrogen-bond donors (Lipinski definition) is 3. The van der Waals surface area contributed by atoms with Crippen LogP contribution in [-0.2, 0) is 0 Å². The van der Waals surface area contributed by atoms with Gasteiger partial charge in [-0.1, -0.05) is 23.7 Å². The van der Waals surface area contributed by atoms with E-state index in [4.69, 9.17) is 17.3 Å². The van der Waals surface area contributed by atoms with Crippen molar-refractivity contribution in [2.75, 3.05) is 6.54 Å². The van der Waals surface area contributed by atoms with Gasteiger partial charge in [0.15, 0.2) is 0 Å². The lowest BCUT2D eigenvalue weighted by molar-refractivity contribution is 0.0222. The molecule has 0 saturated heterocycles. The van der Waals surface area contributed by atoms with E-state index in [1.807, 2.05) is 0 Å². The minimum Gasteiger partial charge on any atom is -0.389 e. The molecule has 0 aliphatic carbocycles. The van der Waals surface area contributed by atoms with Crippen molar-refractivity contribution in [1.29, 1.82) is 0 Å². The lowest BCUT2D eigenvalue weighted by Gasteiger charge is -2.17. The predicted molar refractivity (Wildman–Crippen MR) is 51.4 cm³/mol. The van der Waals surface area contributed by atoms with Crippen LogP contribution in [0.25, 0.3) is 0 Å². The normalized spacial score (nSPS) is 15.2. The van der Waals surface area contributed by atoms with Crippen LogP contribution in [0.5, 0.6) is 0 Å². The molecule has 1 rings (SSSR count). The molecule has 0 fully saturated rings. The summed E-state index contributed by atoms with van der Waals surface area (Å²) in [6, 6.07) is 4.21. The molecule has 0 aliphatic heterocycles. The third-order valence-electron chi connectivity index (χ3n) is 1.91. The van der Waals surface area contributed by atoms with E-state index in [1.165, 1.54) is 18.2 Å². The molecule has 0 heterocycles. The van der Waals surface area contributed by atoms with Gasteiger partial charge in [-0.05, 0) is 6.07 Å². The number of nitrogens with two attached hydrogens (primary N) is 1. The number of halogens is 2. The van der Waals surface area contributed by atoms with Crippen LogP contribution in [0.3, 0.4) is 0 Å². The van der Waals surface area contributed by atoms with Crippen LogP contribution in [0, 0.1) is 5.82 Å². The van der Waals surface area contributed by atoms with Crippen molar-refractivity contribution in [2.45, 2.75) is 12.2 Å². The molecule has 1 aromatic rings. The zero-order chi connectivity index (χ0) is 10.7. The first-order chi connectivity index (χ1) is 6.57. The van der Waals surface area contributed by atoms with E-state index < -0.39 is 18.0 Å². The van der Waals surface area contributed by atoms with E-state index in [0.717, 1.165) is 0 Å². The second-order valence-corrected chi connectivity index (χ2v) is 3.30. The summed E-state index contributed by atoms with van der Waals surface area (Å²) in [4.78, 5) is 0. The average molecular weight is 220 g/mol. The maximum absolute atomic E-state index is 13.3. The highest BCUT2D eigenvalue weighted by Crippen LogP contribution is 2.24. The summed E-state index contributed by atoms with van der Waals surface area (Å²) in [6.45, 7) is -0.146. The van der Waals surface area contributed by atoms with Crippen LogP contribution in [0.1, 0.15) is 11.7 Å². The Morgan fingerprint density at radius 1 is 1.43 bits per heavy atom. The maximum atomic E-state index is 13.3. The highest BCUT2D eigenvalue weighted by molar-refractivity contribution is 6.30. The summed E-state index contributed by atoms with van der Waals surface area (Å²) in [7, 11) is 0. The largest absolute Gasteiger partial charge is 0.389 e. The number of benzene rings is 1. The Hall–Kier alpha value is -0.680. The van der Waals surface area contributed by atoms with Crippen LogP contribution < -0.4 is 5.73 Å². The van der Waals surface area contributed by atoms with Gasteiger partial charge in [0.25, 0.3) is 0 Å². The third kappa shape index (κ3) is 2.22. The molecule has 1 aromatic carbocycles. The Labute approximate surface area is 85.9 Å². The SMILES string of the molecule is NCC(O)C(O)c1cccc(Cl)c1F. The minimum atomic E-state index is -1.35. The molecule has 0 radical (unpaired) electrons. The van der Waals surface area contributed by atoms with E-state index in [2.05, 4.69) is 0 Å². The van der Waals surface area contributed by atoms with Gasteiger partial charge in [0.1, 0.15) is 11.9 Å². The molecule has 0 spiro atoms. The van der Waals surface area contributed by atoms with Crippen LogP contribution in [-0.4, -0.2) is 22.9 Å². The molecule has 5 heteroatoms. The summed E-state index contributed by atoms with van der Waals surface area (Å²) in [6.07, 6.45) is -2.54. The molecule has 0 saturated carbocycles. The minimum absolute atomic E-state index is 0.0459. The van der Waals surface area contributed by atoms with Crippen molar-refractivity contribution >= 4 is 11.6 Å². The van der Waals surface area contributed by atoms with Crippen molar-refractivity contribution in [3.8, 4) is 0 Å². The fourth-order valence-corrected chi connectivity index (χ4v) is 1.27. The van der Waals surface area contributed by atoms with Crippen molar-refractivity contribution < 1.29 is 14.6 Å². The Morgan fingerprint density at radius 2 is 2.07 bits per heavy atom. The Bertz CT molecular complexity index is 322. The van der Waals surface area contributed by atoms with Crippen LogP contribution in [0.2, 0.25) is 5.02 Å². The first-order valence-electron chi connectivity index (χ1n) is 4.08. The standard InChI is InChI=1S/C9H11ClFNO2/c10-6-3-1-2-5(8(6)11)9(14)7(13)4-12/h1-3,7,9,13-14H,4,12H2. The second kappa shape index (κ2) is 4.70. The van der Waals surface area contributed by atoms with E-state index in [-0.39, 0.29) is 17.1 Å². The number of rotatable bonds is 3. The van der Waals surface area contributed by atoms with E-state index in [9.17, 15) is 14.6 Å². The molecule has 0 aromatic heterocycles. The summed E-state index contributed by atoms with van der Waals surface area (Å²) >= 11 is 5.51. The monoisotopic (exact) mass is 219 g/mol. The van der Waals surface area contributed by atoms with Crippen LogP contribution >= 0.6 is 11.6 Å². The molecular weight excluding hydrogens is 209 g/mol. The lowest BCUT2D eigenvalue weighted by atomic mass is 10.0. The van der Waals surface area contributed by atoms with Crippen molar-refractivity contribution in [3.63, 3.8) is 0 Å². The molecule has 2 atom stereocenters. The number of aliphatic hydroxyl groups is 2. The van der Waals surface area contributed by atoms with Gasteiger partial charge in [-0.15, -0.1) is 0 Å². The van der Waals surface area contributed by atoms with Crippen molar-refractivity contribution in [2.24, 2.45) is 5.73 Å². The molecule has 4 N–H and O–H groups in total. The molecule has 78 valence electrons. The topological polar surface area (TPSA) is 66.5 Å². The first kappa shape index (κ1) is 11.4. The van der Waals surface area contributed by atoms with E-state index in [1.54, 1.807) is 0 Å². The van der Waals surface area contributed by atoms with Gasteiger partial charge in [0, 0.05) is 12.1 Å². The van der Waals surface area contributed by atoms with Crippen LogP contribution in [0.15, 0.2) is 18.2 Å². The van der Waals surface area contributed by atoms with Gasteiger partial charge in [0.05, 0.1) is 11.1 Å². The summed E-state index contributed by atoms with van der Waals surface area (Å²) in [5.74, 6) is -0.728. The summed E-state index contributed by atoms with van der Waals surface area (Å²) in [5.41, 5.74) is 5.09. The number of aliphatic hydroxyl groups excluding tert-OH is 2. The summed E-state index contributed by atoms with van der Waals surface area (Å²) < 4.78 is 13.3. The Morgan fingerprint density at radius 3 is 2.64 bits per heavy atom. The van der Waals surface area contributed by atoms with E-state index in [0.29, 0.717) is 0 Å². The molecule has 0 aliphatic rings. The molecular formula is C9H11ClFNO2. The zero-order valence-corrected chi connectivity index (χ0v) is 8.08. The molecule has 2 unspecified atom stereocenters. The predicted octanol–water partition coefficient (Wildman–Crippen LogP) is 0.832. The number of hydrogen-bond acceptors (Lipinski definition) is 3. The zero-order valence-electron chi connectivity index (χ0n) is 7.32. The fourth-order valence-electron chi connectivity index (χ4n) is 1.09. The lowest BCUT2D eigenvalue weighted by Crippen LogP contribution is -2.27. The Balaban J connectivity index is 3.01. The summed E-state index contributed by atoms with van der Waals surface area (Å²) in [5, 5.41) is 18.6. The quantitative estimate of drug-likeness (QED) is 0.706. The smallest absolute Gasteiger partial charge is 0.147 e. The average Bonchev–Trinajstić information content (AvgIpc) is 2.20. The van der Waals surface area contributed by atoms with Gasteiger partial charge in [-0.2, -0.15) is 0 Å². The Kier molecular flexibility index (Phi) is 3.83. The van der Waals surface area contributed by atoms with Gasteiger partial charge in [-0.25, -0.2) is 4.39 Å². The van der Waals surface area contributed by atoms with Crippen molar-refractivity contribution in [3.05, 3.63) is 34.6 Å². The van der Waals surface area contributed by atoms with Gasteiger partial charge >= 0.3 is 0 Å². The van der Waals surface area contributed by atoms with E-state index >= 15 is 0 Å². The van der Waals surface area contributed by atoms with Gasteiger partial charge < -0.3 is 15.9 Å². The first-order valence-corrected chi connectivity index (χ1v) is 4.45. The third-order valence-corrected chi connectivity index (χ3v) is 2.20. The highest BCUT2D eigenvalue weighted by atomic mass is 35.5. The fraction of sp³-hybridized carbons (Fsp3) is 0.333. The maximum Gasteiger partial charge on any atom is 0.147 e. The van der Waals surface area contributed by atoms with Crippen LogP contribution in [0.4, 0.5) is 4.39 Å².